The monoisotopic (exact) mass is 383 g/mol. The van der Waals surface area contributed by atoms with E-state index in [4.69, 9.17) is 0 Å². The summed E-state index contributed by atoms with van der Waals surface area (Å²) < 4.78 is 0.808. The number of rotatable bonds is 5. The zero-order valence-corrected chi connectivity index (χ0v) is 14.2. The number of amides is 1. The lowest BCUT2D eigenvalue weighted by molar-refractivity contribution is 0.102. The highest BCUT2D eigenvalue weighted by Crippen LogP contribution is 2.21. The van der Waals surface area contributed by atoms with Crippen LogP contribution in [0.4, 0.5) is 11.5 Å². The number of benzene rings is 1. The van der Waals surface area contributed by atoms with Crippen molar-refractivity contribution in [3.63, 3.8) is 0 Å². The summed E-state index contributed by atoms with van der Waals surface area (Å²) >= 11 is 3.40. The van der Waals surface area contributed by atoms with Gasteiger partial charge in [-0.15, -0.1) is 0 Å². The molecule has 7 heteroatoms. The molecule has 0 unspecified atom stereocenters. The number of anilines is 2. The first-order valence-corrected chi connectivity index (χ1v) is 8.02. The van der Waals surface area contributed by atoms with Crippen LogP contribution in [0.15, 0.2) is 65.7 Å². The third-order valence-electron chi connectivity index (χ3n) is 3.22. The van der Waals surface area contributed by atoms with Crippen LogP contribution in [-0.4, -0.2) is 20.9 Å². The Kier molecular flexibility index (Phi) is 5.12. The quantitative estimate of drug-likeness (QED) is 0.704. The van der Waals surface area contributed by atoms with Gasteiger partial charge in [-0.05, 0) is 39.7 Å². The molecule has 0 bridgehead atoms. The predicted molar refractivity (Wildman–Crippen MR) is 95.7 cm³/mol. The predicted octanol–water partition coefficient (Wildman–Crippen LogP) is 3.50. The van der Waals surface area contributed by atoms with Crippen LogP contribution in [0.5, 0.6) is 0 Å². The fourth-order valence-corrected chi connectivity index (χ4v) is 2.41. The van der Waals surface area contributed by atoms with Crippen LogP contribution in [0.1, 0.15) is 16.1 Å². The van der Waals surface area contributed by atoms with E-state index in [2.05, 4.69) is 41.5 Å². The minimum atomic E-state index is -0.297. The molecule has 0 aliphatic heterocycles. The van der Waals surface area contributed by atoms with Crippen LogP contribution < -0.4 is 10.6 Å². The Balaban J connectivity index is 1.68. The zero-order chi connectivity index (χ0) is 16.8. The van der Waals surface area contributed by atoms with E-state index in [1.165, 1.54) is 6.33 Å². The SMILES string of the molecule is O=C(Nc1ccccc1Br)c1cc(NCc2cccnc2)ncn1. The van der Waals surface area contributed by atoms with E-state index in [0.29, 0.717) is 18.1 Å². The second kappa shape index (κ2) is 7.65. The fourth-order valence-electron chi connectivity index (χ4n) is 2.02. The highest BCUT2D eigenvalue weighted by molar-refractivity contribution is 9.10. The van der Waals surface area contributed by atoms with Crippen LogP contribution >= 0.6 is 15.9 Å². The standard InChI is InChI=1S/C17H14BrN5O/c18-13-5-1-2-6-14(13)23-17(24)15-8-16(22-11-21-15)20-10-12-4-3-7-19-9-12/h1-9,11H,10H2,(H,23,24)(H,20,21,22). The summed E-state index contributed by atoms with van der Waals surface area (Å²) in [5.74, 6) is 0.278. The maximum atomic E-state index is 12.3. The summed E-state index contributed by atoms with van der Waals surface area (Å²) in [5.41, 5.74) is 2.00. The summed E-state index contributed by atoms with van der Waals surface area (Å²) in [6.07, 6.45) is 4.85. The largest absolute Gasteiger partial charge is 0.366 e. The van der Waals surface area contributed by atoms with Gasteiger partial charge in [0.15, 0.2) is 0 Å². The number of nitrogens with zero attached hydrogens (tertiary/aromatic N) is 3. The van der Waals surface area contributed by atoms with E-state index < -0.39 is 0 Å². The maximum absolute atomic E-state index is 12.3. The maximum Gasteiger partial charge on any atom is 0.274 e. The van der Waals surface area contributed by atoms with Crippen molar-refractivity contribution in [1.82, 2.24) is 15.0 Å². The van der Waals surface area contributed by atoms with Crippen LogP contribution in [0.25, 0.3) is 0 Å². The highest BCUT2D eigenvalue weighted by atomic mass is 79.9. The Hall–Kier alpha value is -2.80. The molecule has 6 nitrogen and oxygen atoms in total. The van der Waals surface area contributed by atoms with Gasteiger partial charge in [0, 0.05) is 29.5 Å². The Bertz CT molecular complexity index is 841. The first-order valence-electron chi connectivity index (χ1n) is 7.23. The van der Waals surface area contributed by atoms with Crippen molar-refractivity contribution in [1.29, 1.82) is 0 Å². The summed E-state index contributed by atoms with van der Waals surface area (Å²) in [6, 6.07) is 12.8. The molecule has 24 heavy (non-hydrogen) atoms. The van der Waals surface area contributed by atoms with E-state index in [0.717, 1.165) is 10.0 Å². The lowest BCUT2D eigenvalue weighted by Crippen LogP contribution is -2.15. The first-order chi connectivity index (χ1) is 11.7. The molecule has 0 aliphatic rings. The van der Waals surface area contributed by atoms with Gasteiger partial charge in [-0.2, -0.15) is 0 Å². The molecule has 0 radical (unpaired) electrons. The van der Waals surface area contributed by atoms with Gasteiger partial charge in [0.25, 0.3) is 5.91 Å². The lowest BCUT2D eigenvalue weighted by Gasteiger charge is -2.08. The van der Waals surface area contributed by atoms with Gasteiger partial charge in [0.1, 0.15) is 17.8 Å². The van der Waals surface area contributed by atoms with Crippen molar-refractivity contribution in [2.24, 2.45) is 0 Å². The smallest absolute Gasteiger partial charge is 0.274 e. The van der Waals surface area contributed by atoms with Gasteiger partial charge in [0.05, 0.1) is 5.69 Å². The minimum Gasteiger partial charge on any atom is -0.366 e. The number of carbonyl (C=O) groups excluding carboxylic acids is 1. The molecule has 0 saturated heterocycles. The van der Waals surface area contributed by atoms with E-state index >= 15 is 0 Å². The molecule has 1 aromatic carbocycles. The van der Waals surface area contributed by atoms with E-state index in [1.807, 2.05) is 36.4 Å². The second-order valence-electron chi connectivity index (χ2n) is 4.94. The van der Waals surface area contributed by atoms with E-state index in [-0.39, 0.29) is 11.6 Å². The van der Waals surface area contributed by atoms with Crippen molar-refractivity contribution >= 4 is 33.3 Å². The number of halogens is 1. The number of para-hydroxylation sites is 1. The number of carbonyl (C=O) groups is 1. The summed E-state index contributed by atoms with van der Waals surface area (Å²) in [6.45, 7) is 0.566. The molecule has 2 aromatic heterocycles. The average molecular weight is 384 g/mol. The van der Waals surface area contributed by atoms with Crippen molar-refractivity contribution < 1.29 is 4.79 Å². The van der Waals surface area contributed by atoms with Crippen molar-refractivity contribution in [3.8, 4) is 0 Å². The lowest BCUT2D eigenvalue weighted by atomic mass is 10.3. The van der Waals surface area contributed by atoms with Gasteiger partial charge in [-0.1, -0.05) is 18.2 Å². The molecule has 0 aliphatic carbocycles. The van der Waals surface area contributed by atoms with Gasteiger partial charge in [0.2, 0.25) is 0 Å². The molecule has 2 N–H and O–H groups in total. The van der Waals surface area contributed by atoms with Gasteiger partial charge in [-0.25, -0.2) is 9.97 Å². The van der Waals surface area contributed by atoms with Crippen LogP contribution in [0.3, 0.4) is 0 Å². The van der Waals surface area contributed by atoms with E-state index in [1.54, 1.807) is 18.5 Å². The van der Waals surface area contributed by atoms with Crippen molar-refractivity contribution in [2.75, 3.05) is 10.6 Å². The third-order valence-corrected chi connectivity index (χ3v) is 3.91. The molecular weight excluding hydrogens is 370 g/mol. The number of aromatic nitrogens is 3. The minimum absolute atomic E-state index is 0.287. The molecule has 1 amide bonds. The van der Waals surface area contributed by atoms with Gasteiger partial charge < -0.3 is 10.6 Å². The number of pyridine rings is 1. The molecule has 0 spiro atoms. The summed E-state index contributed by atoms with van der Waals surface area (Å²) in [4.78, 5) is 24.5. The summed E-state index contributed by atoms with van der Waals surface area (Å²) in [7, 11) is 0. The third kappa shape index (κ3) is 4.14. The molecular formula is C17H14BrN5O. The van der Waals surface area contributed by atoms with Crippen LogP contribution in [0, 0.1) is 0 Å². The fraction of sp³-hybridized carbons (Fsp3) is 0.0588. The Labute approximate surface area is 147 Å². The number of nitrogens with one attached hydrogen (secondary N) is 2. The first kappa shape index (κ1) is 16.1. The second-order valence-corrected chi connectivity index (χ2v) is 5.79. The topological polar surface area (TPSA) is 79.8 Å². The van der Waals surface area contributed by atoms with Gasteiger partial charge >= 0.3 is 0 Å². The Morgan fingerprint density at radius 2 is 2.00 bits per heavy atom. The average Bonchev–Trinajstić information content (AvgIpc) is 2.63. The van der Waals surface area contributed by atoms with Crippen LogP contribution in [0.2, 0.25) is 0 Å². The Morgan fingerprint density at radius 3 is 2.79 bits per heavy atom. The molecule has 0 atom stereocenters. The van der Waals surface area contributed by atoms with E-state index in [9.17, 15) is 4.79 Å². The molecule has 0 saturated carbocycles. The number of hydrogen-bond donors (Lipinski definition) is 2. The highest BCUT2D eigenvalue weighted by Gasteiger charge is 2.10. The van der Waals surface area contributed by atoms with Gasteiger partial charge in [-0.3, -0.25) is 9.78 Å². The molecule has 2 heterocycles. The molecule has 3 rings (SSSR count). The normalized spacial score (nSPS) is 10.2. The zero-order valence-electron chi connectivity index (χ0n) is 12.6. The number of hydrogen-bond acceptors (Lipinski definition) is 5. The van der Waals surface area contributed by atoms with Crippen molar-refractivity contribution in [3.05, 3.63) is 76.9 Å². The van der Waals surface area contributed by atoms with Crippen LogP contribution in [-0.2, 0) is 6.54 Å². The Morgan fingerprint density at radius 1 is 1.12 bits per heavy atom. The van der Waals surface area contributed by atoms with Crippen molar-refractivity contribution in [2.45, 2.75) is 6.54 Å². The summed E-state index contributed by atoms with van der Waals surface area (Å²) in [5, 5.41) is 5.96. The molecule has 0 fully saturated rings. The molecule has 120 valence electrons. The molecule has 3 aromatic rings.